The highest BCUT2D eigenvalue weighted by atomic mass is 16.2. The number of rotatable bonds is 3. The Bertz CT molecular complexity index is 605. The number of likely N-dealkylation sites (N-methyl/N-ethyl adjacent to an activating group) is 1. The minimum atomic E-state index is 0.0260. The van der Waals surface area contributed by atoms with E-state index in [9.17, 15) is 4.79 Å². The van der Waals surface area contributed by atoms with Gasteiger partial charge in [0.1, 0.15) is 0 Å². The topological polar surface area (TPSA) is 24.7 Å². The Kier molecular flexibility index (Phi) is 4.58. The number of anilines is 1. The van der Waals surface area contributed by atoms with Crippen molar-refractivity contribution in [3.8, 4) is 0 Å². The molecule has 1 aromatic carbocycles. The fourth-order valence-corrected chi connectivity index (χ4v) is 3.37. The van der Waals surface area contributed by atoms with E-state index in [1.165, 1.54) is 0 Å². The van der Waals surface area contributed by atoms with Crippen LogP contribution < -0.4 is 4.90 Å². The van der Waals surface area contributed by atoms with Crippen molar-refractivity contribution in [3.63, 3.8) is 0 Å². The molecule has 1 saturated heterocycles. The molecule has 0 N–H and O–H groups in total. The number of nitrogens with zero attached hydrogens (tertiary/aromatic N) is 3. The molecule has 1 aliphatic rings. The minimum Gasteiger partial charge on any atom is -0.318 e. The summed E-state index contributed by atoms with van der Waals surface area (Å²) in [4.78, 5) is 18.5. The minimum absolute atomic E-state index is 0.0260. The Morgan fingerprint density at radius 2 is 1.91 bits per heavy atom. The number of hydrogen-bond donors (Lipinski definition) is 0. The molecule has 0 aliphatic carbocycles. The van der Waals surface area contributed by atoms with Crippen LogP contribution in [0.25, 0.3) is 4.85 Å². The lowest BCUT2D eigenvalue weighted by atomic mass is 9.98. The molecule has 1 aliphatic heterocycles. The molecule has 0 bridgehead atoms. The molecule has 0 saturated carbocycles. The fourth-order valence-electron chi connectivity index (χ4n) is 3.37. The molecule has 4 nitrogen and oxygen atoms in total. The highest BCUT2D eigenvalue weighted by molar-refractivity contribution is 5.98. The summed E-state index contributed by atoms with van der Waals surface area (Å²) in [7, 11) is 4.27. The van der Waals surface area contributed by atoms with Gasteiger partial charge in [-0.15, -0.1) is 0 Å². The molecule has 1 heterocycles. The summed E-state index contributed by atoms with van der Waals surface area (Å²) in [5.74, 6) is 0.222. The second-order valence-electron chi connectivity index (χ2n) is 6.78. The van der Waals surface area contributed by atoms with Gasteiger partial charge >= 0.3 is 0 Å². The Hall–Kier alpha value is -1.86. The third-order valence-electron chi connectivity index (χ3n) is 4.94. The Morgan fingerprint density at radius 3 is 2.41 bits per heavy atom. The maximum Gasteiger partial charge on any atom is 0.285 e. The maximum atomic E-state index is 13.0. The number of carbonyl (C=O) groups excluding carboxylic acids is 1. The summed E-state index contributed by atoms with van der Waals surface area (Å²) in [6.45, 7) is 15.0. The average Bonchev–Trinajstić information content (AvgIpc) is 2.47. The first-order valence-corrected chi connectivity index (χ1v) is 7.94. The normalized spacial score (nSPS) is 19.2. The van der Waals surface area contributed by atoms with Gasteiger partial charge in [0.15, 0.2) is 11.7 Å². The summed E-state index contributed by atoms with van der Waals surface area (Å²) in [6.07, 6.45) is 1.98. The van der Waals surface area contributed by atoms with E-state index in [1.807, 2.05) is 30.9 Å². The maximum absolute atomic E-state index is 13.0. The molecular formula is C18H26N3O+. The average molecular weight is 300 g/mol. The third kappa shape index (κ3) is 2.86. The molecule has 1 unspecified atom stereocenters. The van der Waals surface area contributed by atoms with Crippen LogP contribution in [0.15, 0.2) is 12.1 Å². The highest BCUT2D eigenvalue weighted by Gasteiger charge is 2.40. The van der Waals surface area contributed by atoms with Gasteiger partial charge in [-0.25, -0.2) is 4.85 Å². The first-order chi connectivity index (χ1) is 10.3. The standard InChI is InChI=1S/C18H26N3O/c1-7-21(5,6)16-9-8-10-20(18(16)22)17-13(2)11-15(19-4)12-14(17)3/h11-12,16H,7-10H2,1-3,5-6H3/q+1. The third-order valence-corrected chi connectivity index (χ3v) is 4.94. The first-order valence-electron chi connectivity index (χ1n) is 7.94. The summed E-state index contributed by atoms with van der Waals surface area (Å²) in [5, 5.41) is 0. The lowest BCUT2D eigenvalue weighted by Crippen LogP contribution is -2.59. The van der Waals surface area contributed by atoms with Gasteiger partial charge in [0.05, 0.1) is 27.2 Å². The van der Waals surface area contributed by atoms with Gasteiger partial charge in [-0.05, 0) is 38.3 Å². The number of aryl methyl sites for hydroxylation is 2. The van der Waals surface area contributed by atoms with Gasteiger partial charge in [-0.2, -0.15) is 0 Å². The van der Waals surface area contributed by atoms with Gasteiger partial charge in [0.25, 0.3) is 5.91 Å². The Labute approximate surface area is 133 Å². The van der Waals surface area contributed by atoms with Gasteiger partial charge in [0.2, 0.25) is 0 Å². The summed E-state index contributed by atoms with van der Waals surface area (Å²) in [5.41, 5.74) is 3.67. The van der Waals surface area contributed by atoms with Gasteiger partial charge < -0.3 is 9.38 Å². The largest absolute Gasteiger partial charge is 0.318 e. The van der Waals surface area contributed by atoms with E-state index in [2.05, 4.69) is 25.9 Å². The fraction of sp³-hybridized carbons (Fsp3) is 0.556. The predicted octanol–water partition coefficient (Wildman–Crippen LogP) is 3.45. The van der Waals surface area contributed by atoms with Crippen molar-refractivity contribution in [1.29, 1.82) is 0 Å². The number of benzene rings is 1. The van der Waals surface area contributed by atoms with Crippen LogP contribution in [0.2, 0.25) is 0 Å². The zero-order valence-corrected chi connectivity index (χ0v) is 14.3. The molecule has 0 radical (unpaired) electrons. The number of hydrogen-bond acceptors (Lipinski definition) is 1. The SMILES string of the molecule is [C-]#[N+]c1cc(C)c(N2CCCC([N+](C)(C)CC)C2=O)c(C)c1. The van der Waals surface area contributed by atoms with E-state index in [0.717, 1.165) is 47.2 Å². The number of quaternary nitrogens is 1. The molecule has 22 heavy (non-hydrogen) atoms. The summed E-state index contributed by atoms with van der Waals surface area (Å²) >= 11 is 0. The molecule has 1 amide bonds. The van der Waals surface area contributed by atoms with E-state index in [1.54, 1.807) is 0 Å². The molecule has 1 fully saturated rings. The number of amides is 1. The van der Waals surface area contributed by atoms with Gasteiger partial charge in [-0.3, -0.25) is 4.79 Å². The molecule has 4 heteroatoms. The lowest BCUT2D eigenvalue weighted by molar-refractivity contribution is -0.904. The van der Waals surface area contributed by atoms with Crippen molar-refractivity contribution in [2.45, 2.75) is 39.7 Å². The van der Waals surface area contributed by atoms with Crippen LogP contribution in [-0.4, -0.2) is 43.6 Å². The van der Waals surface area contributed by atoms with Crippen LogP contribution >= 0.6 is 0 Å². The Balaban J connectivity index is 2.41. The molecule has 0 aromatic heterocycles. The van der Waals surface area contributed by atoms with E-state index in [4.69, 9.17) is 6.57 Å². The molecule has 1 atom stereocenters. The van der Waals surface area contributed by atoms with Crippen molar-refractivity contribution in [2.24, 2.45) is 0 Å². The van der Waals surface area contributed by atoms with E-state index >= 15 is 0 Å². The molecule has 2 rings (SSSR count). The lowest BCUT2D eigenvalue weighted by Gasteiger charge is -2.42. The van der Waals surface area contributed by atoms with Gasteiger partial charge in [-0.1, -0.05) is 12.1 Å². The molecule has 0 spiro atoms. The first kappa shape index (κ1) is 16.5. The van der Waals surface area contributed by atoms with Crippen LogP contribution in [0.5, 0.6) is 0 Å². The summed E-state index contributed by atoms with van der Waals surface area (Å²) in [6, 6.07) is 3.79. The Morgan fingerprint density at radius 1 is 1.32 bits per heavy atom. The van der Waals surface area contributed by atoms with Crippen molar-refractivity contribution >= 4 is 17.3 Å². The van der Waals surface area contributed by atoms with Crippen LogP contribution in [0.3, 0.4) is 0 Å². The molecule has 118 valence electrons. The van der Waals surface area contributed by atoms with E-state index < -0.39 is 0 Å². The zero-order valence-electron chi connectivity index (χ0n) is 14.3. The van der Waals surface area contributed by atoms with Crippen molar-refractivity contribution in [3.05, 3.63) is 34.7 Å². The second kappa shape index (κ2) is 6.10. The number of carbonyl (C=O) groups is 1. The van der Waals surface area contributed by atoms with Crippen LogP contribution in [0, 0.1) is 20.4 Å². The van der Waals surface area contributed by atoms with Crippen molar-refractivity contribution in [1.82, 2.24) is 0 Å². The van der Waals surface area contributed by atoms with Crippen molar-refractivity contribution in [2.75, 3.05) is 32.1 Å². The van der Waals surface area contributed by atoms with E-state index in [-0.39, 0.29) is 11.9 Å². The molecular weight excluding hydrogens is 274 g/mol. The van der Waals surface area contributed by atoms with Crippen molar-refractivity contribution < 1.29 is 9.28 Å². The zero-order chi connectivity index (χ0) is 16.5. The smallest absolute Gasteiger partial charge is 0.285 e. The van der Waals surface area contributed by atoms with Crippen LogP contribution in [0.1, 0.15) is 30.9 Å². The quantitative estimate of drug-likeness (QED) is 0.620. The monoisotopic (exact) mass is 300 g/mol. The predicted molar refractivity (Wildman–Crippen MR) is 90.2 cm³/mol. The molecule has 1 aromatic rings. The summed E-state index contributed by atoms with van der Waals surface area (Å²) < 4.78 is 0.730. The van der Waals surface area contributed by atoms with Crippen LogP contribution in [0.4, 0.5) is 11.4 Å². The van der Waals surface area contributed by atoms with Crippen LogP contribution in [-0.2, 0) is 4.79 Å². The van der Waals surface area contributed by atoms with Gasteiger partial charge in [0, 0.05) is 18.7 Å². The second-order valence-corrected chi connectivity index (χ2v) is 6.78. The van der Waals surface area contributed by atoms with E-state index in [0.29, 0.717) is 5.69 Å². The number of piperidine rings is 1. The highest BCUT2D eigenvalue weighted by Crippen LogP contribution is 2.33.